The predicted octanol–water partition coefficient (Wildman–Crippen LogP) is 2.09. The van der Waals surface area contributed by atoms with E-state index in [4.69, 9.17) is 4.74 Å². The third-order valence-corrected chi connectivity index (χ3v) is 2.69. The second-order valence-electron chi connectivity index (χ2n) is 3.21. The van der Waals surface area contributed by atoms with Gasteiger partial charge in [-0.15, -0.1) is 0 Å². The van der Waals surface area contributed by atoms with Gasteiger partial charge in [-0.25, -0.2) is 0 Å². The predicted molar refractivity (Wildman–Crippen MR) is 64.4 cm³/mol. The van der Waals surface area contributed by atoms with Gasteiger partial charge >= 0.3 is 0 Å². The second kappa shape index (κ2) is 6.57. The molecule has 88 valence electrons. The number of rotatable bonds is 6. The number of nitrogens with zero attached hydrogens (tertiary/aromatic N) is 1. The van der Waals surface area contributed by atoms with Crippen LogP contribution in [0.4, 0.5) is 5.69 Å². The summed E-state index contributed by atoms with van der Waals surface area (Å²) in [5, 5.41) is 13.8. The van der Waals surface area contributed by atoms with E-state index in [1.54, 1.807) is 19.2 Å². The summed E-state index contributed by atoms with van der Waals surface area (Å²) in [4.78, 5) is 10.3. The molecule has 0 atom stereocenters. The van der Waals surface area contributed by atoms with Crippen molar-refractivity contribution in [3.63, 3.8) is 0 Å². The highest BCUT2D eigenvalue weighted by Gasteiger charge is 2.11. The monoisotopic (exact) mass is 288 g/mol. The van der Waals surface area contributed by atoms with Crippen LogP contribution in [0.1, 0.15) is 5.56 Å². The van der Waals surface area contributed by atoms with Crippen molar-refractivity contribution in [3.8, 4) is 0 Å². The van der Waals surface area contributed by atoms with Crippen LogP contribution in [0, 0.1) is 10.1 Å². The van der Waals surface area contributed by atoms with Gasteiger partial charge < -0.3 is 10.1 Å². The van der Waals surface area contributed by atoms with Crippen LogP contribution in [0.5, 0.6) is 0 Å². The maximum atomic E-state index is 10.7. The third kappa shape index (κ3) is 3.88. The van der Waals surface area contributed by atoms with Crippen LogP contribution in [-0.2, 0) is 11.3 Å². The van der Waals surface area contributed by atoms with Crippen molar-refractivity contribution < 1.29 is 9.66 Å². The van der Waals surface area contributed by atoms with E-state index < -0.39 is 4.92 Å². The van der Waals surface area contributed by atoms with Gasteiger partial charge in [0.05, 0.1) is 16.0 Å². The molecule has 0 bridgehead atoms. The average Bonchev–Trinajstić information content (AvgIpc) is 2.26. The SMILES string of the molecule is COCCNCc1ccc(Br)c([N+](=O)[O-])c1. The zero-order valence-electron chi connectivity index (χ0n) is 8.90. The number of benzene rings is 1. The number of hydrogen-bond acceptors (Lipinski definition) is 4. The van der Waals surface area contributed by atoms with Crippen LogP contribution in [-0.4, -0.2) is 25.2 Å². The van der Waals surface area contributed by atoms with Crippen molar-refractivity contribution >= 4 is 21.6 Å². The van der Waals surface area contributed by atoms with Crippen molar-refractivity contribution in [1.29, 1.82) is 0 Å². The molecule has 0 amide bonds. The quantitative estimate of drug-likeness (QED) is 0.495. The fourth-order valence-corrected chi connectivity index (χ4v) is 1.61. The van der Waals surface area contributed by atoms with Gasteiger partial charge in [0.2, 0.25) is 0 Å². The van der Waals surface area contributed by atoms with Crippen molar-refractivity contribution in [2.75, 3.05) is 20.3 Å². The molecular weight excluding hydrogens is 276 g/mol. The van der Waals surface area contributed by atoms with E-state index in [0.29, 0.717) is 17.6 Å². The molecule has 0 aromatic heterocycles. The van der Waals surface area contributed by atoms with Gasteiger partial charge in [0.25, 0.3) is 5.69 Å². The Morgan fingerprint density at radius 2 is 2.31 bits per heavy atom. The lowest BCUT2D eigenvalue weighted by molar-refractivity contribution is -0.385. The maximum Gasteiger partial charge on any atom is 0.283 e. The van der Waals surface area contributed by atoms with E-state index in [-0.39, 0.29) is 5.69 Å². The van der Waals surface area contributed by atoms with Gasteiger partial charge in [0.15, 0.2) is 0 Å². The molecule has 0 fully saturated rings. The highest BCUT2D eigenvalue weighted by molar-refractivity contribution is 9.10. The van der Waals surface area contributed by atoms with E-state index in [1.165, 1.54) is 0 Å². The van der Waals surface area contributed by atoms with Crippen molar-refractivity contribution in [1.82, 2.24) is 5.32 Å². The van der Waals surface area contributed by atoms with Gasteiger partial charge in [0.1, 0.15) is 0 Å². The van der Waals surface area contributed by atoms with Crippen LogP contribution in [0.25, 0.3) is 0 Å². The standard InChI is InChI=1S/C10H13BrN2O3/c1-16-5-4-12-7-8-2-3-9(11)10(6-8)13(14)15/h2-3,6,12H,4-5,7H2,1H3. The Kier molecular flexibility index (Phi) is 5.37. The molecule has 1 N–H and O–H groups in total. The van der Waals surface area contributed by atoms with Gasteiger partial charge in [-0.05, 0) is 27.6 Å². The third-order valence-electron chi connectivity index (χ3n) is 2.02. The van der Waals surface area contributed by atoms with E-state index >= 15 is 0 Å². The summed E-state index contributed by atoms with van der Waals surface area (Å²) in [5.41, 5.74) is 0.969. The van der Waals surface area contributed by atoms with Gasteiger partial charge in [-0.1, -0.05) is 6.07 Å². The minimum absolute atomic E-state index is 0.0889. The number of nitro groups is 1. The fraction of sp³-hybridized carbons (Fsp3) is 0.400. The molecule has 0 heterocycles. The highest BCUT2D eigenvalue weighted by atomic mass is 79.9. The Morgan fingerprint density at radius 3 is 2.94 bits per heavy atom. The van der Waals surface area contributed by atoms with Crippen molar-refractivity contribution in [2.24, 2.45) is 0 Å². The lowest BCUT2D eigenvalue weighted by Crippen LogP contribution is -2.18. The molecule has 0 aliphatic rings. The molecule has 1 aromatic carbocycles. The first-order chi connectivity index (χ1) is 7.65. The summed E-state index contributed by atoms with van der Waals surface area (Å²) in [6.07, 6.45) is 0. The molecule has 0 aliphatic heterocycles. The number of ether oxygens (including phenoxy) is 1. The van der Waals surface area contributed by atoms with Crippen LogP contribution >= 0.6 is 15.9 Å². The Labute approximate surface area is 102 Å². The number of halogens is 1. The molecule has 1 aromatic rings. The van der Waals surface area contributed by atoms with Crippen LogP contribution in [0.15, 0.2) is 22.7 Å². The Balaban J connectivity index is 2.61. The lowest BCUT2D eigenvalue weighted by atomic mass is 10.2. The number of hydrogen-bond donors (Lipinski definition) is 1. The Morgan fingerprint density at radius 1 is 1.56 bits per heavy atom. The van der Waals surface area contributed by atoms with Crippen LogP contribution in [0.3, 0.4) is 0 Å². The zero-order chi connectivity index (χ0) is 12.0. The summed E-state index contributed by atoms with van der Waals surface area (Å²) in [5.74, 6) is 0. The van der Waals surface area contributed by atoms with E-state index in [0.717, 1.165) is 12.1 Å². The van der Waals surface area contributed by atoms with Gasteiger partial charge in [-0.2, -0.15) is 0 Å². The van der Waals surface area contributed by atoms with Crippen LogP contribution in [0.2, 0.25) is 0 Å². The topological polar surface area (TPSA) is 64.4 Å². The van der Waals surface area contributed by atoms with E-state index in [9.17, 15) is 10.1 Å². The van der Waals surface area contributed by atoms with Gasteiger partial charge in [-0.3, -0.25) is 10.1 Å². The first-order valence-corrected chi connectivity index (χ1v) is 5.57. The zero-order valence-corrected chi connectivity index (χ0v) is 10.5. The summed E-state index contributed by atoms with van der Waals surface area (Å²) < 4.78 is 5.38. The molecule has 16 heavy (non-hydrogen) atoms. The Bertz CT molecular complexity index is 371. The smallest absolute Gasteiger partial charge is 0.283 e. The van der Waals surface area contributed by atoms with E-state index in [2.05, 4.69) is 21.2 Å². The van der Waals surface area contributed by atoms with Crippen LogP contribution < -0.4 is 5.32 Å². The average molecular weight is 289 g/mol. The van der Waals surface area contributed by atoms with Gasteiger partial charge in [0, 0.05) is 26.3 Å². The number of nitrogens with one attached hydrogen (secondary N) is 1. The summed E-state index contributed by atoms with van der Waals surface area (Å²) in [6, 6.07) is 5.09. The summed E-state index contributed by atoms with van der Waals surface area (Å²) >= 11 is 3.14. The summed E-state index contributed by atoms with van der Waals surface area (Å²) in [7, 11) is 1.63. The normalized spacial score (nSPS) is 10.4. The maximum absolute atomic E-state index is 10.7. The molecule has 0 saturated heterocycles. The first-order valence-electron chi connectivity index (χ1n) is 4.77. The molecular formula is C10H13BrN2O3. The molecule has 0 spiro atoms. The molecule has 0 saturated carbocycles. The van der Waals surface area contributed by atoms with Crippen molar-refractivity contribution in [2.45, 2.75) is 6.54 Å². The first kappa shape index (κ1) is 13.1. The number of methoxy groups -OCH3 is 1. The molecule has 0 aliphatic carbocycles. The van der Waals surface area contributed by atoms with E-state index in [1.807, 2.05) is 6.07 Å². The fourth-order valence-electron chi connectivity index (χ4n) is 1.22. The highest BCUT2D eigenvalue weighted by Crippen LogP contribution is 2.25. The minimum atomic E-state index is -0.400. The Hall–Kier alpha value is -0.980. The second-order valence-corrected chi connectivity index (χ2v) is 4.07. The largest absolute Gasteiger partial charge is 0.383 e. The molecule has 0 unspecified atom stereocenters. The lowest BCUT2D eigenvalue weighted by Gasteiger charge is -2.04. The summed E-state index contributed by atoms with van der Waals surface area (Å²) in [6.45, 7) is 1.94. The van der Waals surface area contributed by atoms with Crippen molar-refractivity contribution in [3.05, 3.63) is 38.3 Å². The molecule has 5 nitrogen and oxygen atoms in total. The molecule has 1 rings (SSSR count). The molecule has 6 heteroatoms. The molecule has 0 radical (unpaired) electrons. The minimum Gasteiger partial charge on any atom is -0.383 e. The number of nitro benzene ring substituents is 1.